The van der Waals surface area contributed by atoms with E-state index in [9.17, 15) is 18.0 Å². The number of alkyl halides is 3. The van der Waals surface area contributed by atoms with Crippen molar-refractivity contribution in [3.05, 3.63) is 42.2 Å². The van der Waals surface area contributed by atoms with Gasteiger partial charge < -0.3 is 20.9 Å². The van der Waals surface area contributed by atoms with Gasteiger partial charge in [-0.25, -0.2) is 9.97 Å². The molecule has 3 aromatic rings. The molecule has 4 rings (SSSR count). The number of aromatic amines is 1. The van der Waals surface area contributed by atoms with Gasteiger partial charge in [-0.15, -0.1) is 0 Å². The highest BCUT2D eigenvalue weighted by Crippen LogP contribution is 2.43. The van der Waals surface area contributed by atoms with Gasteiger partial charge in [-0.2, -0.15) is 13.2 Å². The number of rotatable bonds is 3. The van der Waals surface area contributed by atoms with Crippen molar-refractivity contribution < 1.29 is 18.0 Å². The van der Waals surface area contributed by atoms with Gasteiger partial charge in [-0.1, -0.05) is 0 Å². The van der Waals surface area contributed by atoms with E-state index in [1.54, 1.807) is 4.90 Å². The van der Waals surface area contributed by atoms with Crippen molar-refractivity contribution in [3.8, 4) is 0 Å². The van der Waals surface area contributed by atoms with E-state index in [0.29, 0.717) is 13.0 Å². The largest absolute Gasteiger partial charge is 0.419 e. The molecule has 152 valence electrons. The Hall–Kier alpha value is -3.21. The van der Waals surface area contributed by atoms with E-state index in [1.807, 2.05) is 0 Å². The Morgan fingerprint density at radius 3 is 2.79 bits per heavy atom. The van der Waals surface area contributed by atoms with Gasteiger partial charge in [-0.3, -0.25) is 9.78 Å². The Morgan fingerprint density at radius 2 is 2.10 bits per heavy atom. The van der Waals surface area contributed by atoms with Crippen LogP contribution in [0.3, 0.4) is 0 Å². The van der Waals surface area contributed by atoms with E-state index in [1.165, 1.54) is 24.8 Å². The second-order valence-electron chi connectivity index (χ2n) is 6.84. The number of aromatic nitrogens is 4. The number of nitrogens with one attached hydrogen (secondary N) is 2. The van der Waals surface area contributed by atoms with Crippen molar-refractivity contribution in [2.24, 2.45) is 5.73 Å². The molecule has 0 radical (unpaired) electrons. The summed E-state index contributed by atoms with van der Waals surface area (Å²) in [5.41, 5.74) is 5.57. The van der Waals surface area contributed by atoms with Crippen LogP contribution in [0.1, 0.15) is 28.9 Å². The molecule has 1 saturated heterocycles. The molecule has 0 saturated carbocycles. The number of carbonyl (C=O) groups is 1. The molecule has 0 bridgehead atoms. The second-order valence-corrected chi connectivity index (χ2v) is 6.84. The highest BCUT2D eigenvalue weighted by Gasteiger charge is 2.38. The molecule has 11 heteroatoms. The summed E-state index contributed by atoms with van der Waals surface area (Å²) in [6.45, 7) is 0.712. The van der Waals surface area contributed by atoms with E-state index < -0.39 is 17.6 Å². The third-order valence-electron chi connectivity index (χ3n) is 4.80. The summed E-state index contributed by atoms with van der Waals surface area (Å²) >= 11 is 0. The van der Waals surface area contributed by atoms with Gasteiger partial charge in [-0.05, 0) is 12.8 Å². The van der Waals surface area contributed by atoms with Gasteiger partial charge >= 0.3 is 6.18 Å². The monoisotopic (exact) mass is 405 g/mol. The lowest BCUT2D eigenvalue weighted by Crippen LogP contribution is -2.43. The molecular weight excluding hydrogens is 387 g/mol. The molecule has 0 spiro atoms. The maximum atomic E-state index is 13.8. The smallest absolute Gasteiger partial charge is 0.369 e. The average Bonchev–Trinajstić information content (AvgIpc) is 3.10. The molecule has 3 aromatic heterocycles. The van der Waals surface area contributed by atoms with Gasteiger partial charge in [0.25, 0.3) is 5.91 Å². The van der Waals surface area contributed by atoms with Crippen molar-refractivity contribution in [2.75, 3.05) is 23.3 Å². The average molecular weight is 405 g/mol. The Bertz CT molecular complexity index is 1040. The number of carbonyl (C=O) groups excluding carboxylic acids is 1. The molecule has 1 aliphatic rings. The zero-order chi connectivity index (χ0) is 20.6. The topological polar surface area (TPSA) is 113 Å². The highest BCUT2D eigenvalue weighted by atomic mass is 19.4. The second kappa shape index (κ2) is 7.32. The summed E-state index contributed by atoms with van der Waals surface area (Å²) < 4.78 is 41.3. The Kier molecular flexibility index (Phi) is 4.82. The van der Waals surface area contributed by atoms with Crippen molar-refractivity contribution in [1.82, 2.24) is 19.9 Å². The van der Waals surface area contributed by atoms with Crippen LogP contribution in [0.25, 0.3) is 11.0 Å². The summed E-state index contributed by atoms with van der Waals surface area (Å²) in [5.74, 6) is -0.585. The van der Waals surface area contributed by atoms with Crippen molar-refractivity contribution in [1.29, 1.82) is 0 Å². The van der Waals surface area contributed by atoms with Crippen molar-refractivity contribution >= 4 is 28.3 Å². The number of piperidine rings is 1. The van der Waals surface area contributed by atoms with E-state index in [0.717, 1.165) is 12.6 Å². The van der Waals surface area contributed by atoms with Gasteiger partial charge in [0.1, 0.15) is 11.3 Å². The molecule has 1 aliphatic heterocycles. The van der Waals surface area contributed by atoms with Crippen LogP contribution < -0.4 is 16.0 Å². The van der Waals surface area contributed by atoms with Crippen LogP contribution in [0.5, 0.6) is 0 Å². The number of nitrogens with two attached hydrogens (primary N) is 1. The highest BCUT2D eigenvalue weighted by molar-refractivity contribution is 6.11. The number of nitrogens with zero attached hydrogens (tertiary/aromatic N) is 4. The van der Waals surface area contributed by atoms with Gasteiger partial charge in [0.2, 0.25) is 0 Å². The molecule has 0 unspecified atom stereocenters. The molecule has 0 aliphatic carbocycles. The molecular formula is C18H18F3N7O. The quantitative estimate of drug-likeness (QED) is 0.617. The summed E-state index contributed by atoms with van der Waals surface area (Å²) in [5, 5.41) is 2.80. The molecule has 8 nitrogen and oxygen atoms in total. The lowest BCUT2D eigenvalue weighted by Gasteiger charge is -2.34. The Morgan fingerprint density at radius 1 is 1.28 bits per heavy atom. The Labute approximate surface area is 163 Å². The first-order valence-electron chi connectivity index (χ1n) is 9.00. The number of amides is 1. The third-order valence-corrected chi connectivity index (χ3v) is 4.80. The number of halogens is 3. The lowest BCUT2D eigenvalue weighted by molar-refractivity contribution is -0.137. The zero-order valence-electron chi connectivity index (χ0n) is 15.2. The van der Waals surface area contributed by atoms with Crippen LogP contribution in [-0.4, -0.2) is 45.0 Å². The fourth-order valence-corrected chi connectivity index (χ4v) is 3.53. The number of fused-ring (bicyclic) bond motifs is 1. The van der Waals surface area contributed by atoms with E-state index >= 15 is 0 Å². The van der Waals surface area contributed by atoms with Gasteiger partial charge in [0.15, 0.2) is 0 Å². The van der Waals surface area contributed by atoms with Crippen LogP contribution in [0.15, 0.2) is 31.0 Å². The summed E-state index contributed by atoms with van der Waals surface area (Å²) in [4.78, 5) is 28.6. The maximum absolute atomic E-state index is 13.8. The third kappa shape index (κ3) is 3.73. The van der Waals surface area contributed by atoms with Crippen LogP contribution >= 0.6 is 0 Å². The molecule has 1 atom stereocenters. The van der Waals surface area contributed by atoms with Crippen LogP contribution in [0.2, 0.25) is 0 Å². The maximum Gasteiger partial charge on any atom is 0.419 e. The van der Waals surface area contributed by atoms with Crippen molar-refractivity contribution in [2.45, 2.75) is 25.1 Å². The van der Waals surface area contributed by atoms with Gasteiger partial charge in [0.05, 0.1) is 28.5 Å². The van der Waals surface area contributed by atoms with Crippen molar-refractivity contribution in [3.63, 3.8) is 0 Å². The van der Waals surface area contributed by atoms with Crippen LogP contribution in [-0.2, 0) is 6.18 Å². The molecule has 0 aromatic carbocycles. The first-order valence-corrected chi connectivity index (χ1v) is 9.00. The predicted molar refractivity (Wildman–Crippen MR) is 101 cm³/mol. The van der Waals surface area contributed by atoms with Crippen LogP contribution in [0.4, 0.5) is 24.5 Å². The number of hydrogen-bond acceptors (Lipinski definition) is 6. The summed E-state index contributed by atoms with van der Waals surface area (Å²) in [7, 11) is 0. The molecule has 1 amide bonds. The van der Waals surface area contributed by atoms with E-state index in [-0.39, 0.29) is 40.7 Å². The minimum Gasteiger partial charge on any atom is -0.369 e. The molecule has 1 fully saturated rings. The normalized spacial score (nSPS) is 17.5. The minimum absolute atomic E-state index is 0.0339. The van der Waals surface area contributed by atoms with Crippen LogP contribution in [0, 0.1) is 0 Å². The number of hydrogen-bond donors (Lipinski definition) is 3. The van der Waals surface area contributed by atoms with E-state index in [4.69, 9.17) is 5.73 Å². The standard InChI is InChI=1S/C18H18F3N7O/c19-18(20,21)11-6-25-16-14(15(11)28-5-1-2-10(22)9-28)12(8-26-16)27-17(29)13-7-23-3-4-24-13/h3-4,6-8,10H,1-2,5,9,22H2,(H,25,26)(H,27,29)/t10-/m1/s1. The molecule has 29 heavy (non-hydrogen) atoms. The molecule has 4 heterocycles. The number of pyridine rings is 1. The predicted octanol–water partition coefficient (Wildman–Crippen LogP) is 2.55. The number of H-pyrrole nitrogens is 1. The minimum atomic E-state index is -4.61. The fourth-order valence-electron chi connectivity index (χ4n) is 3.53. The lowest BCUT2D eigenvalue weighted by atomic mass is 10.0. The molecule has 4 N–H and O–H groups in total. The SMILES string of the molecule is N[C@@H]1CCCN(c2c(C(F)(F)F)cnc3[nH]cc(NC(=O)c4cnccn4)c23)C1. The Balaban J connectivity index is 1.83. The summed E-state index contributed by atoms with van der Waals surface area (Å²) in [6.07, 6.45) is 3.08. The first kappa shape index (κ1) is 19.1. The zero-order valence-corrected chi connectivity index (χ0v) is 15.2. The fraction of sp³-hybridized carbons (Fsp3) is 0.333. The number of anilines is 2. The van der Waals surface area contributed by atoms with E-state index in [2.05, 4.69) is 25.3 Å². The summed E-state index contributed by atoms with van der Waals surface area (Å²) in [6, 6.07) is -0.232. The first-order chi connectivity index (χ1) is 13.8. The van der Waals surface area contributed by atoms with Gasteiger partial charge in [0, 0.05) is 43.9 Å².